The number of carbonyl (C=O) groups is 2. The van der Waals surface area contributed by atoms with Gasteiger partial charge in [-0.25, -0.2) is 0 Å². The van der Waals surface area contributed by atoms with Gasteiger partial charge < -0.3 is 13.9 Å². The topological polar surface area (TPSA) is 65.7 Å². The predicted octanol–water partition coefficient (Wildman–Crippen LogP) is 3.79. The fourth-order valence-electron chi connectivity index (χ4n) is 4.93. The van der Waals surface area contributed by atoms with Crippen LogP contribution in [0.4, 0.5) is 0 Å². The Balaban J connectivity index is 1.86. The van der Waals surface area contributed by atoms with E-state index in [4.69, 9.17) is 13.9 Å². The lowest BCUT2D eigenvalue weighted by Crippen LogP contribution is -2.41. The maximum Gasteiger partial charge on any atom is 0.323 e. The third-order valence-corrected chi connectivity index (χ3v) is 6.33. The molecule has 138 valence electrons. The summed E-state index contributed by atoms with van der Waals surface area (Å²) in [6.45, 7) is 4.31. The molecule has 2 unspecified atom stereocenters. The van der Waals surface area contributed by atoms with Crippen LogP contribution in [0, 0.1) is 10.8 Å². The Bertz CT molecular complexity index is 659. The zero-order valence-electron chi connectivity index (χ0n) is 15.6. The summed E-state index contributed by atoms with van der Waals surface area (Å²) in [4.78, 5) is 24.9. The van der Waals surface area contributed by atoms with Crippen LogP contribution in [0.3, 0.4) is 0 Å². The Morgan fingerprint density at radius 2 is 1.76 bits per heavy atom. The Morgan fingerprint density at radius 3 is 2.36 bits per heavy atom. The molecular weight excluding hydrogens is 320 g/mol. The number of esters is 2. The first-order valence-corrected chi connectivity index (χ1v) is 9.13. The van der Waals surface area contributed by atoms with Crippen LogP contribution in [-0.4, -0.2) is 26.2 Å². The third-order valence-electron chi connectivity index (χ3n) is 6.33. The monoisotopic (exact) mass is 348 g/mol. The highest BCUT2D eigenvalue weighted by Gasteiger charge is 2.79. The highest BCUT2D eigenvalue weighted by molar-refractivity contribution is 6.01. The van der Waals surface area contributed by atoms with Crippen LogP contribution in [0.15, 0.2) is 16.5 Å². The summed E-state index contributed by atoms with van der Waals surface area (Å²) in [5.41, 5.74) is -1.61. The molecule has 2 saturated carbocycles. The summed E-state index contributed by atoms with van der Waals surface area (Å²) in [7, 11) is 2.65. The fraction of sp³-hybridized carbons (Fsp3) is 0.700. The van der Waals surface area contributed by atoms with Gasteiger partial charge in [-0.3, -0.25) is 9.59 Å². The molecule has 2 fully saturated rings. The van der Waals surface area contributed by atoms with Crippen LogP contribution in [0.25, 0.3) is 0 Å². The first-order chi connectivity index (χ1) is 11.9. The van der Waals surface area contributed by atoms with Crippen LogP contribution in [0.5, 0.6) is 0 Å². The summed E-state index contributed by atoms with van der Waals surface area (Å²) in [5.74, 6) is 0.889. The zero-order chi connectivity index (χ0) is 18.3. The normalized spacial score (nSPS) is 29.1. The van der Waals surface area contributed by atoms with Crippen molar-refractivity contribution < 1.29 is 23.5 Å². The Hall–Kier alpha value is -1.78. The molecule has 0 amide bonds. The number of ether oxygens (including phenoxy) is 2. The summed E-state index contributed by atoms with van der Waals surface area (Å²) < 4.78 is 16.1. The molecule has 25 heavy (non-hydrogen) atoms. The van der Waals surface area contributed by atoms with Crippen molar-refractivity contribution in [3.8, 4) is 0 Å². The molecule has 2 aliphatic carbocycles. The first kappa shape index (κ1) is 18.0. The summed E-state index contributed by atoms with van der Waals surface area (Å²) >= 11 is 0. The van der Waals surface area contributed by atoms with Crippen LogP contribution in [0.1, 0.15) is 63.9 Å². The van der Waals surface area contributed by atoms with Crippen molar-refractivity contribution in [1.29, 1.82) is 0 Å². The van der Waals surface area contributed by atoms with Gasteiger partial charge in [-0.15, -0.1) is 0 Å². The van der Waals surface area contributed by atoms with Crippen LogP contribution in [-0.2, 0) is 30.9 Å². The van der Waals surface area contributed by atoms with E-state index in [0.717, 1.165) is 30.8 Å². The molecular formula is C20H28O5. The van der Waals surface area contributed by atoms with Crippen molar-refractivity contribution in [3.63, 3.8) is 0 Å². The second-order valence-electron chi connectivity index (χ2n) is 7.96. The quantitative estimate of drug-likeness (QED) is 0.426. The molecule has 1 aromatic heterocycles. The summed E-state index contributed by atoms with van der Waals surface area (Å²) in [5, 5.41) is 0. The Labute approximate surface area is 149 Å². The number of hydrogen-bond donors (Lipinski definition) is 0. The van der Waals surface area contributed by atoms with Crippen molar-refractivity contribution in [2.24, 2.45) is 10.8 Å². The molecule has 0 aromatic carbocycles. The second kappa shape index (κ2) is 6.19. The Kier molecular flexibility index (Phi) is 4.46. The molecule has 0 N–H and O–H groups in total. The number of hydrogen-bond acceptors (Lipinski definition) is 5. The van der Waals surface area contributed by atoms with Crippen molar-refractivity contribution in [2.45, 2.75) is 64.2 Å². The lowest BCUT2D eigenvalue weighted by molar-refractivity contribution is -0.170. The molecule has 1 aromatic rings. The number of furan rings is 1. The molecule has 3 rings (SSSR count). The van der Waals surface area contributed by atoms with E-state index < -0.39 is 17.4 Å². The summed E-state index contributed by atoms with van der Waals surface area (Å²) in [6.07, 6.45) is 6.19. The number of fused-ring (bicyclic) bond motifs is 1. The minimum absolute atomic E-state index is 0.131. The fourth-order valence-corrected chi connectivity index (χ4v) is 4.93. The largest absolute Gasteiger partial charge is 0.468 e. The SMILES string of the molecule is CCCCCc1ccc(C23CC(C(=O)OC)(C(=O)OC)CC2(C)C3)o1. The molecule has 0 radical (unpaired) electrons. The maximum absolute atomic E-state index is 12.4. The molecule has 5 nitrogen and oxygen atoms in total. The van der Waals surface area contributed by atoms with E-state index in [1.165, 1.54) is 27.1 Å². The van der Waals surface area contributed by atoms with Gasteiger partial charge in [0.05, 0.1) is 14.2 Å². The van der Waals surface area contributed by atoms with Crippen LogP contribution in [0.2, 0.25) is 0 Å². The zero-order valence-corrected chi connectivity index (χ0v) is 15.6. The van der Waals surface area contributed by atoms with Crippen molar-refractivity contribution in [3.05, 3.63) is 23.7 Å². The van der Waals surface area contributed by atoms with E-state index in [1.54, 1.807) is 0 Å². The van der Waals surface area contributed by atoms with Gasteiger partial charge in [0.1, 0.15) is 11.5 Å². The average molecular weight is 348 g/mol. The lowest BCUT2D eigenvalue weighted by Gasteiger charge is -2.26. The molecule has 0 spiro atoms. The molecule has 5 heteroatoms. The predicted molar refractivity (Wildman–Crippen MR) is 92.0 cm³/mol. The number of unbranched alkanes of at least 4 members (excludes halogenated alkanes) is 2. The summed E-state index contributed by atoms with van der Waals surface area (Å²) in [6, 6.07) is 4.06. The van der Waals surface area contributed by atoms with Gasteiger partial charge in [-0.05, 0) is 43.2 Å². The van der Waals surface area contributed by atoms with E-state index in [2.05, 4.69) is 13.8 Å². The van der Waals surface area contributed by atoms with Crippen molar-refractivity contribution in [2.75, 3.05) is 14.2 Å². The number of methoxy groups -OCH3 is 2. The van der Waals surface area contributed by atoms with Crippen LogP contribution < -0.4 is 0 Å². The van der Waals surface area contributed by atoms with Gasteiger partial charge in [0, 0.05) is 11.8 Å². The van der Waals surface area contributed by atoms with Gasteiger partial charge in [0.2, 0.25) is 0 Å². The average Bonchev–Trinajstić information content (AvgIpc) is 2.95. The standard InChI is InChI=1S/C20H28O5/c1-5-6-7-8-14-9-10-15(25-14)20-12-18(20,2)11-19(13-20,16(21)23-3)17(22)24-4/h9-10H,5-8,11-13H2,1-4H3. The highest BCUT2D eigenvalue weighted by atomic mass is 16.5. The molecule has 2 atom stereocenters. The van der Waals surface area contributed by atoms with Gasteiger partial charge in [-0.2, -0.15) is 0 Å². The molecule has 0 saturated heterocycles. The minimum Gasteiger partial charge on any atom is -0.468 e. The molecule has 2 aliphatic rings. The van der Waals surface area contributed by atoms with Gasteiger partial charge >= 0.3 is 11.9 Å². The number of carbonyl (C=O) groups excluding carboxylic acids is 2. The van der Waals surface area contributed by atoms with Gasteiger partial charge in [0.25, 0.3) is 0 Å². The first-order valence-electron chi connectivity index (χ1n) is 9.13. The van der Waals surface area contributed by atoms with Crippen LogP contribution >= 0.6 is 0 Å². The number of rotatable bonds is 7. The van der Waals surface area contributed by atoms with Gasteiger partial charge in [-0.1, -0.05) is 26.7 Å². The van der Waals surface area contributed by atoms with E-state index in [1.807, 2.05) is 12.1 Å². The molecule has 0 aliphatic heterocycles. The molecule has 0 bridgehead atoms. The minimum atomic E-state index is -1.22. The van der Waals surface area contributed by atoms with E-state index in [0.29, 0.717) is 12.8 Å². The van der Waals surface area contributed by atoms with E-state index in [-0.39, 0.29) is 10.8 Å². The Morgan fingerprint density at radius 1 is 1.08 bits per heavy atom. The smallest absolute Gasteiger partial charge is 0.323 e. The lowest BCUT2D eigenvalue weighted by atomic mass is 9.79. The van der Waals surface area contributed by atoms with Crippen molar-refractivity contribution in [1.82, 2.24) is 0 Å². The molecule has 1 heterocycles. The van der Waals surface area contributed by atoms with Gasteiger partial charge in [0.15, 0.2) is 5.41 Å². The second-order valence-corrected chi connectivity index (χ2v) is 7.96. The van der Waals surface area contributed by atoms with E-state index in [9.17, 15) is 9.59 Å². The maximum atomic E-state index is 12.4. The number of aryl methyl sites for hydroxylation is 1. The van der Waals surface area contributed by atoms with E-state index >= 15 is 0 Å². The van der Waals surface area contributed by atoms with Crippen molar-refractivity contribution >= 4 is 11.9 Å². The third kappa shape index (κ3) is 2.59. The highest BCUT2D eigenvalue weighted by Crippen LogP contribution is 2.78.